The van der Waals surface area contributed by atoms with Gasteiger partial charge >= 0.3 is 5.97 Å². The molecule has 4 nitrogen and oxygen atoms in total. The molecule has 0 fully saturated rings. The number of ether oxygens (including phenoxy) is 2. The summed E-state index contributed by atoms with van der Waals surface area (Å²) in [5, 5.41) is 10.3. The molecule has 128 valence electrons. The fourth-order valence-electron chi connectivity index (χ4n) is 2.21. The molecule has 24 heavy (non-hydrogen) atoms. The van der Waals surface area contributed by atoms with Crippen molar-refractivity contribution >= 4 is 29.2 Å². The Morgan fingerprint density at radius 3 is 2.29 bits per heavy atom. The van der Waals surface area contributed by atoms with E-state index >= 15 is 0 Å². The summed E-state index contributed by atoms with van der Waals surface area (Å²) in [6.07, 6.45) is 0.603. The molecule has 0 amide bonds. The van der Waals surface area contributed by atoms with E-state index in [9.17, 15) is 4.79 Å². The van der Waals surface area contributed by atoms with Crippen LogP contribution in [0.3, 0.4) is 0 Å². The highest BCUT2D eigenvalue weighted by atomic mass is 35.5. The van der Waals surface area contributed by atoms with Crippen LogP contribution in [0, 0.1) is 13.8 Å². The molecule has 0 radical (unpaired) electrons. The number of hydrogen-bond donors (Lipinski definition) is 1. The standard InChI is InChI=1S/C18H18Cl2O4/c1-11-8-14(9-12(2)17(11)20)23-6-3-7-24-16-10-13(19)4-5-15(16)18(21)22/h4-5,8-10H,3,6-7H2,1-2H3,(H,21,22). The van der Waals surface area contributed by atoms with Crippen molar-refractivity contribution in [3.05, 3.63) is 57.1 Å². The summed E-state index contributed by atoms with van der Waals surface area (Å²) in [4.78, 5) is 11.1. The summed E-state index contributed by atoms with van der Waals surface area (Å²) >= 11 is 12.0. The largest absolute Gasteiger partial charge is 0.493 e. The van der Waals surface area contributed by atoms with Crippen molar-refractivity contribution in [1.29, 1.82) is 0 Å². The van der Waals surface area contributed by atoms with Gasteiger partial charge in [0.05, 0.1) is 13.2 Å². The number of hydrogen-bond acceptors (Lipinski definition) is 3. The third-order valence-electron chi connectivity index (χ3n) is 3.40. The van der Waals surface area contributed by atoms with Gasteiger partial charge in [-0.25, -0.2) is 4.79 Å². The number of carboxylic acids is 1. The van der Waals surface area contributed by atoms with Crippen LogP contribution < -0.4 is 9.47 Å². The summed E-state index contributed by atoms with van der Waals surface area (Å²) in [7, 11) is 0. The van der Waals surface area contributed by atoms with Crippen molar-refractivity contribution < 1.29 is 19.4 Å². The molecular weight excluding hydrogens is 351 g/mol. The Morgan fingerprint density at radius 1 is 1.04 bits per heavy atom. The van der Waals surface area contributed by atoms with Crippen molar-refractivity contribution in [1.82, 2.24) is 0 Å². The van der Waals surface area contributed by atoms with E-state index in [4.69, 9.17) is 37.8 Å². The predicted molar refractivity (Wildman–Crippen MR) is 94.9 cm³/mol. The Bertz CT molecular complexity index is 721. The molecular formula is C18H18Cl2O4. The Kier molecular flexibility index (Phi) is 6.35. The van der Waals surface area contributed by atoms with Crippen LogP contribution in [-0.4, -0.2) is 24.3 Å². The number of carboxylic acid groups (broad SMARTS) is 1. The number of benzene rings is 2. The fourth-order valence-corrected chi connectivity index (χ4v) is 2.48. The minimum Gasteiger partial charge on any atom is -0.493 e. The molecule has 0 saturated heterocycles. The highest BCUT2D eigenvalue weighted by Gasteiger charge is 2.11. The van der Waals surface area contributed by atoms with Gasteiger partial charge in [0.25, 0.3) is 0 Å². The van der Waals surface area contributed by atoms with E-state index in [1.165, 1.54) is 18.2 Å². The number of aromatic carboxylic acids is 1. The molecule has 2 rings (SSSR count). The van der Waals surface area contributed by atoms with Crippen molar-refractivity contribution in [3.8, 4) is 11.5 Å². The highest BCUT2D eigenvalue weighted by molar-refractivity contribution is 6.32. The van der Waals surface area contributed by atoms with E-state index in [-0.39, 0.29) is 11.3 Å². The van der Waals surface area contributed by atoms with Gasteiger partial charge in [0, 0.05) is 16.5 Å². The first kappa shape index (κ1) is 18.4. The molecule has 0 aliphatic carbocycles. The van der Waals surface area contributed by atoms with Gasteiger partial charge in [-0.05, 0) is 55.3 Å². The minimum absolute atomic E-state index is 0.0873. The van der Waals surface area contributed by atoms with E-state index in [1.54, 1.807) is 0 Å². The van der Waals surface area contributed by atoms with Crippen molar-refractivity contribution in [2.75, 3.05) is 13.2 Å². The van der Waals surface area contributed by atoms with Gasteiger partial charge in [-0.15, -0.1) is 0 Å². The summed E-state index contributed by atoms with van der Waals surface area (Å²) in [5.74, 6) is -0.0402. The molecule has 0 atom stereocenters. The van der Waals surface area contributed by atoms with Crippen LogP contribution >= 0.6 is 23.2 Å². The minimum atomic E-state index is -1.05. The lowest BCUT2D eigenvalue weighted by Crippen LogP contribution is -2.08. The van der Waals surface area contributed by atoms with Gasteiger partial charge in [0.1, 0.15) is 17.1 Å². The van der Waals surface area contributed by atoms with Crippen LogP contribution in [0.2, 0.25) is 10.0 Å². The van der Waals surface area contributed by atoms with E-state index in [0.717, 1.165) is 21.9 Å². The number of carbonyl (C=O) groups is 1. The molecule has 0 aliphatic heterocycles. The van der Waals surface area contributed by atoms with E-state index < -0.39 is 5.97 Å². The Balaban J connectivity index is 1.86. The smallest absolute Gasteiger partial charge is 0.339 e. The number of rotatable bonds is 7. The van der Waals surface area contributed by atoms with Gasteiger partial charge in [0.2, 0.25) is 0 Å². The lowest BCUT2D eigenvalue weighted by atomic mass is 10.1. The van der Waals surface area contributed by atoms with Gasteiger partial charge in [-0.1, -0.05) is 23.2 Å². The molecule has 2 aromatic carbocycles. The zero-order valence-electron chi connectivity index (χ0n) is 13.4. The maximum Gasteiger partial charge on any atom is 0.339 e. The predicted octanol–water partition coefficient (Wildman–Crippen LogP) is 5.16. The molecule has 0 aliphatic rings. The maximum absolute atomic E-state index is 11.1. The van der Waals surface area contributed by atoms with Crippen LogP contribution in [0.1, 0.15) is 27.9 Å². The first-order valence-electron chi connectivity index (χ1n) is 7.43. The quantitative estimate of drug-likeness (QED) is 0.686. The average Bonchev–Trinajstić information content (AvgIpc) is 2.52. The van der Waals surface area contributed by atoms with Crippen LogP contribution in [0.5, 0.6) is 11.5 Å². The average molecular weight is 369 g/mol. The van der Waals surface area contributed by atoms with Crippen molar-refractivity contribution in [2.45, 2.75) is 20.3 Å². The third kappa shape index (κ3) is 4.79. The normalized spacial score (nSPS) is 10.5. The SMILES string of the molecule is Cc1cc(OCCCOc2cc(Cl)ccc2C(=O)O)cc(C)c1Cl. The molecule has 0 aromatic heterocycles. The fraction of sp³-hybridized carbons (Fsp3) is 0.278. The Hall–Kier alpha value is -1.91. The molecule has 2 aromatic rings. The number of aryl methyl sites for hydroxylation is 2. The molecule has 6 heteroatoms. The van der Waals surface area contributed by atoms with Crippen LogP contribution in [-0.2, 0) is 0 Å². The van der Waals surface area contributed by atoms with E-state index in [2.05, 4.69) is 0 Å². The summed E-state index contributed by atoms with van der Waals surface area (Å²) < 4.78 is 11.2. The van der Waals surface area contributed by atoms with Crippen LogP contribution in [0.15, 0.2) is 30.3 Å². The van der Waals surface area contributed by atoms with Crippen molar-refractivity contribution in [2.24, 2.45) is 0 Å². The molecule has 0 spiro atoms. The zero-order chi connectivity index (χ0) is 17.7. The summed E-state index contributed by atoms with van der Waals surface area (Å²) in [6.45, 7) is 4.63. The van der Waals surface area contributed by atoms with Gasteiger partial charge in [-0.2, -0.15) is 0 Å². The monoisotopic (exact) mass is 368 g/mol. The lowest BCUT2D eigenvalue weighted by Gasteiger charge is -2.12. The van der Waals surface area contributed by atoms with Gasteiger partial charge < -0.3 is 14.6 Å². The summed E-state index contributed by atoms with van der Waals surface area (Å²) in [5.41, 5.74) is 2.02. The second kappa shape index (κ2) is 8.27. The molecule has 0 heterocycles. The first-order valence-corrected chi connectivity index (χ1v) is 8.19. The second-order valence-electron chi connectivity index (χ2n) is 5.37. The lowest BCUT2D eigenvalue weighted by molar-refractivity contribution is 0.0692. The van der Waals surface area contributed by atoms with E-state index in [0.29, 0.717) is 24.7 Å². The topological polar surface area (TPSA) is 55.8 Å². The first-order chi connectivity index (χ1) is 11.4. The maximum atomic E-state index is 11.1. The van der Waals surface area contributed by atoms with E-state index in [1.807, 2.05) is 26.0 Å². The molecule has 0 unspecified atom stereocenters. The molecule has 0 saturated carbocycles. The van der Waals surface area contributed by atoms with Gasteiger partial charge in [-0.3, -0.25) is 0 Å². The van der Waals surface area contributed by atoms with Crippen LogP contribution in [0.25, 0.3) is 0 Å². The van der Waals surface area contributed by atoms with Gasteiger partial charge in [0.15, 0.2) is 0 Å². The Labute approximate surface area is 150 Å². The third-order valence-corrected chi connectivity index (χ3v) is 4.23. The number of halogens is 2. The molecule has 1 N–H and O–H groups in total. The Morgan fingerprint density at radius 2 is 1.67 bits per heavy atom. The molecule has 0 bridgehead atoms. The van der Waals surface area contributed by atoms with Crippen LogP contribution in [0.4, 0.5) is 0 Å². The summed E-state index contributed by atoms with van der Waals surface area (Å²) in [6, 6.07) is 8.21. The second-order valence-corrected chi connectivity index (χ2v) is 6.18. The highest BCUT2D eigenvalue weighted by Crippen LogP contribution is 2.26. The zero-order valence-corrected chi connectivity index (χ0v) is 14.9. The van der Waals surface area contributed by atoms with Crippen molar-refractivity contribution in [3.63, 3.8) is 0 Å².